The summed E-state index contributed by atoms with van der Waals surface area (Å²) < 4.78 is 13.5. The van der Waals surface area contributed by atoms with Gasteiger partial charge in [-0.2, -0.15) is 0 Å². The molecule has 0 aromatic heterocycles. The van der Waals surface area contributed by atoms with Gasteiger partial charge in [0.05, 0.1) is 11.7 Å². The zero-order chi connectivity index (χ0) is 12.1. The topological polar surface area (TPSA) is 32.3 Å². The van der Waals surface area contributed by atoms with Crippen molar-refractivity contribution in [3.05, 3.63) is 30.1 Å². The Morgan fingerprint density at radius 2 is 2.12 bits per heavy atom. The van der Waals surface area contributed by atoms with E-state index in [-0.39, 0.29) is 17.8 Å². The number of hydrogen-bond donors (Lipinski definition) is 1. The van der Waals surface area contributed by atoms with Crippen molar-refractivity contribution in [3.8, 4) is 0 Å². The molecule has 16 heavy (non-hydrogen) atoms. The number of hydrogen-bond acceptors (Lipinski definition) is 2. The van der Waals surface area contributed by atoms with Gasteiger partial charge in [-0.05, 0) is 33.0 Å². The van der Waals surface area contributed by atoms with Crippen molar-refractivity contribution in [2.75, 3.05) is 18.5 Å². The van der Waals surface area contributed by atoms with Crippen LogP contribution in [0.4, 0.5) is 10.1 Å². The summed E-state index contributed by atoms with van der Waals surface area (Å²) in [6.07, 6.45) is 0. The van der Waals surface area contributed by atoms with E-state index in [1.165, 1.54) is 11.0 Å². The molecule has 1 rings (SSSR count). The van der Waals surface area contributed by atoms with Gasteiger partial charge in [-0.25, -0.2) is 4.39 Å². The van der Waals surface area contributed by atoms with E-state index >= 15 is 0 Å². The number of rotatable bonds is 4. The highest BCUT2D eigenvalue weighted by Crippen LogP contribution is 2.19. The lowest BCUT2D eigenvalue weighted by molar-refractivity contribution is -0.120. The average molecular weight is 224 g/mol. The molecule has 0 heterocycles. The fourth-order valence-corrected chi connectivity index (χ4v) is 1.47. The minimum Gasteiger partial charge on any atom is -0.309 e. The number of likely N-dealkylation sites (N-methyl/N-ethyl adjacent to an activating group) is 2. The van der Waals surface area contributed by atoms with Crippen molar-refractivity contribution in [3.63, 3.8) is 0 Å². The van der Waals surface area contributed by atoms with Gasteiger partial charge in [-0.15, -0.1) is 0 Å². The fourth-order valence-electron chi connectivity index (χ4n) is 1.47. The largest absolute Gasteiger partial charge is 0.309 e. The summed E-state index contributed by atoms with van der Waals surface area (Å²) in [5, 5.41) is 2.86. The third-order valence-corrected chi connectivity index (χ3v) is 2.53. The number of anilines is 1. The number of para-hydroxylation sites is 1. The first kappa shape index (κ1) is 12.6. The smallest absolute Gasteiger partial charge is 0.243 e. The van der Waals surface area contributed by atoms with Gasteiger partial charge < -0.3 is 10.2 Å². The Balaban J connectivity index is 2.99. The van der Waals surface area contributed by atoms with Gasteiger partial charge in [0.1, 0.15) is 5.82 Å². The van der Waals surface area contributed by atoms with Crippen LogP contribution in [0.1, 0.15) is 13.8 Å². The Morgan fingerprint density at radius 1 is 1.50 bits per heavy atom. The maximum absolute atomic E-state index is 13.5. The molecule has 1 aromatic carbocycles. The van der Waals surface area contributed by atoms with Gasteiger partial charge in [0.2, 0.25) is 5.91 Å². The zero-order valence-electron chi connectivity index (χ0n) is 9.83. The van der Waals surface area contributed by atoms with Crippen molar-refractivity contribution in [1.82, 2.24) is 5.32 Å². The lowest BCUT2D eigenvalue weighted by Crippen LogP contribution is -2.44. The Bertz CT molecular complexity index is 368. The Hall–Kier alpha value is -1.42. The molecule has 0 fully saturated rings. The first-order valence-corrected chi connectivity index (χ1v) is 5.35. The lowest BCUT2D eigenvalue weighted by Gasteiger charge is -2.24. The van der Waals surface area contributed by atoms with Crippen LogP contribution in [-0.4, -0.2) is 25.5 Å². The number of benzene rings is 1. The third-order valence-electron chi connectivity index (χ3n) is 2.53. The van der Waals surface area contributed by atoms with Crippen molar-refractivity contribution in [2.45, 2.75) is 19.9 Å². The summed E-state index contributed by atoms with van der Waals surface area (Å²) in [6, 6.07) is 5.98. The van der Waals surface area contributed by atoms with E-state index in [2.05, 4.69) is 5.32 Å². The highest BCUT2D eigenvalue weighted by atomic mass is 19.1. The molecule has 0 aliphatic rings. The van der Waals surface area contributed by atoms with Crippen LogP contribution in [0.5, 0.6) is 0 Å². The molecule has 0 aliphatic carbocycles. The Morgan fingerprint density at radius 3 is 2.62 bits per heavy atom. The third kappa shape index (κ3) is 2.58. The first-order chi connectivity index (χ1) is 7.61. The minimum atomic E-state index is -0.374. The zero-order valence-corrected chi connectivity index (χ0v) is 9.83. The Labute approximate surface area is 95.3 Å². The van der Waals surface area contributed by atoms with E-state index in [0.29, 0.717) is 12.2 Å². The van der Waals surface area contributed by atoms with Crippen LogP contribution in [0, 0.1) is 5.82 Å². The number of carbonyl (C=O) groups is 1. The summed E-state index contributed by atoms with van der Waals surface area (Å²) in [5.74, 6) is -0.504. The molecule has 0 aliphatic heterocycles. The molecule has 0 radical (unpaired) electrons. The minimum absolute atomic E-state index is 0.130. The number of carbonyl (C=O) groups excluding carboxylic acids is 1. The number of nitrogens with zero attached hydrogens (tertiary/aromatic N) is 1. The first-order valence-electron chi connectivity index (χ1n) is 5.35. The summed E-state index contributed by atoms with van der Waals surface area (Å²) in [4.78, 5) is 13.4. The van der Waals surface area contributed by atoms with Gasteiger partial charge in [-0.3, -0.25) is 4.79 Å². The molecule has 1 unspecified atom stereocenters. The molecule has 0 spiro atoms. The maximum Gasteiger partial charge on any atom is 0.243 e. The van der Waals surface area contributed by atoms with E-state index in [0.717, 1.165) is 0 Å². The van der Waals surface area contributed by atoms with Crippen LogP contribution < -0.4 is 10.2 Å². The van der Waals surface area contributed by atoms with Crippen molar-refractivity contribution in [2.24, 2.45) is 0 Å². The second-order valence-electron chi connectivity index (χ2n) is 3.54. The molecule has 88 valence electrons. The van der Waals surface area contributed by atoms with Crippen molar-refractivity contribution in [1.29, 1.82) is 0 Å². The summed E-state index contributed by atoms with van der Waals surface area (Å²) in [6.45, 7) is 4.03. The molecular weight excluding hydrogens is 207 g/mol. The van der Waals surface area contributed by atoms with Crippen LogP contribution in [0.15, 0.2) is 24.3 Å². The quantitative estimate of drug-likeness (QED) is 0.845. The monoisotopic (exact) mass is 224 g/mol. The van der Waals surface area contributed by atoms with Gasteiger partial charge >= 0.3 is 0 Å². The molecule has 4 heteroatoms. The molecular formula is C12H17FN2O. The van der Waals surface area contributed by atoms with Crippen LogP contribution >= 0.6 is 0 Å². The number of nitrogens with one attached hydrogen (secondary N) is 1. The second-order valence-corrected chi connectivity index (χ2v) is 3.54. The number of halogens is 1. The lowest BCUT2D eigenvalue weighted by atomic mass is 10.2. The normalized spacial score (nSPS) is 12.2. The molecule has 0 saturated heterocycles. The summed E-state index contributed by atoms with van der Waals surface area (Å²) in [7, 11) is 1.71. The molecule has 1 atom stereocenters. The Kier molecular flexibility index (Phi) is 4.43. The highest BCUT2D eigenvalue weighted by Gasteiger charge is 2.21. The molecule has 3 nitrogen and oxygen atoms in total. The van der Waals surface area contributed by atoms with Crippen LogP contribution in [0.2, 0.25) is 0 Å². The second kappa shape index (κ2) is 5.61. The van der Waals surface area contributed by atoms with E-state index < -0.39 is 0 Å². The van der Waals surface area contributed by atoms with Gasteiger partial charge in [-0.1, -0.05) is 12.1 Å². The van der Waals surface area contributed by atoms with E-state index in [4.69, 9.17) is 0 Å². The summed E-state index contributed by atoms with van der Waals surface area (Å²) in [5.41, 5.74) is 0.331. The standard InChI is InChI=1S/C12H17FN2O/c1-4-15(12(16)9(2)14-3)11-8-6-5-7-10(11)13/h5-9,14H,4H2,1-3H3. The van der Waals surface area contributed by atoms with E-state index in [9.17, 15) is 9.18 Å². The molecule has 1 aromatic rings. The van der Waals surface area contributed by atoms with Gasteiger partial charge in [0.15, 0.2) is 0 Å². The predicted molar refractivity (Wildman–Crippen MR) is 62.9 cm³/mol. The molecule has 1 amide bonds. The van der Waals surface area contributed by atoms with E-state index in [1.807, 2.05) is 6.92 Å². The highest BCUT2D eigenvalue weighted by molar-refractivity contribution is 5.96. The van der Waals surface area contributed by atoms with Gasteiger partial charge in [0.25, 0.3) is 0 Å². The molecule has 0 bridgehead atoms. The van der Waals surface area contributed by atoms with Crippen molar-refractivity contribution < 1.29 is 9.18 Å². The van der Waals surface area contributed by atoms with Crippen LogP contribution in [0.3, 0.4) is 0 Å². The van der Waals surface area contributed by atoms with Crippen LogP contribution in [0.25, 0.3) is 0 Å². The predicted octanol–water partition coefficient (Wildman–Crippen LogP) is 1.79. The summed E-state index contributed by atoms with van der Waals surface area (Å²) >= 11 is 0. The number of amides is 1. The molecule has 0 saturated carbocycles. The molecule has 1 N–H and O–H groups in total. The van der Waals surface area contributed by atoms with Gasteiger partial charge in [0, 0.05) is 6.54 Å². The van der Waals surface area contributed by atoms with E-state index in [1.54, 1.807) is 32.2 Å². The SMILES string of the molecule is CCN(C(=O)C(C)NC)c1ccccc1F. The average Bonchev–Trinajstić information content (AvgIpc) is 2.31. The van der Waals surface area contributed by atoms with Crippen molar-refractivity contribution >= 4 is 11.6 Å². The maximum atomic E-state index is 13.5. The van der Waals surface area contributed by atoms with Crippen LogP contribution in [-0.2, 0) is 4.79 Å². The fraction of sp³-hybridized carbons (Fsp3) is 0.417.